The number of piperidine rings is 1. The summed E-state index contributed by atoms with van der Waals surface area (Å²) >= 11 is 0. The summed E-state index contributed by atoms with van der Waals surface area (Å²) in [5.74, 6) is 1.42. The van der Waals surface area contributed by atoms with E-state index in [4.69, 9.17) is 9.47 Å². The highest BCUT2D eigenvalue weighted by molar-refractivity contribution is 7.89. The molecule has 5 rings (SSSR count). The SMILES string of the molecule is COc1ccc(S(=O)(=O)N2CCCCC2)cc1CCC(=O)N[C@@H]1CC2(CCCCC2)Oc2ccccc21. The van der Waals surface area contributed by atoms with Crippen LogP contribution in [0.5, 0.6) is 11.5 Å². The number of benzene rings is 2. The number of nitrogens with one attached hydrogen (secondary N) is 1. The summed E-state index contributed by atoms with van der Waals surface area (Å²) in [6, 6.07) is 12.9. The summed E-state index contributed by atoms with van der Waals surface area (Å²) in [5.41, 5.74) is 1.55. The Bertz CT molecular complexity index is 1220. The van der Waals surface area contributed by atoms with Crippen LogP contribution in [0.3, 0.4) is 0 Å². The molecule has 0 unspecified atom stereocenters. The number of carbonyl (C=O) groups excluding carboxylic acids is 1. The number of aryl methyl sites for hydroxylation is 1. The molecule has 1 amide bonds. The maximum Gasteiger partial charge on any atom is 0.243 e. The molecule has 0 bridgehead atoms. The molecule has 2 aliphatic heterocycles. The van der Waals surface area contributed by atoms with Gasteiger partial charge in [-0.25, -0.2) is 8.42 Å². The summed E-state index contributed by atoms with van der Waals surface area (Å²) in [5, 5.41) is 3.26. The first-order valence-corrected chi connectivity index (χ1v) is 15.1. The van der Waals surface area contributed by atoms with E-state index in [2.05, 4.69) is 5.32 Å². The number of ether oxygens (including phenoxy) is 2. The van der Waals surface area contributed by atoms with E-state index < -0.39 is 10.0 Å². The third-order valence-corrected chi connectivity index (χ3v) is 10.0. The zero-order chi connectivity index (χ0) is 25.9. The molecule has 1 aliphatic carbocycles. The molecule has 8 heteroatoms. The van der Waals surface area contributed by atoms with Crippen molar-refractivity contribution in [2.45, 2.75) is 87.2 Å². The number of sulfonamides is 1. The molecule has 3 aliphatic rings. The molecule has 7 nitrogen and oxygen atoms in total. The molecule has 2 heterocycles. The number of hydrogen-bond acceptors (Lipinski definition) is 5. The normalized spacial score (nSPS) is 21.6. The van der Waals surface area contributed by atoms with Crippen LogP contribution < -0.4 is 14.8 Å². The van der Waals surface area contributed by atoms with E-state index in [0.29, 0.717) is 25.3 Å². The van der Waals surface area contributed by atoms with E-state index in [-0.39, 0.29) is 28.9 Å². The molecular weight excluding hydrogens is 488 g/mol. The molecule has 2 aromatic carbocycles. The lowest BCUT2D eigenvalue weighted by molar-refractivity contribution is -0.122. The van der Waals surface area contributed by atoms with Gasteiger partial charge in [-0.1, -0.05) is 31.0 Å². The van der Waals surface area contributed by atoms with Gasteiger partial charge in [-0.2, -0.15) is 4.31 Å². The zero-order valence-electron chi connectivity index (χ0n) is 21.7. The summed E-state index contributed by atoms with van der Waals surface area (Å²) in [7, 11) is -1.99. The highest BCUT2D eigenvalue weighted by atomic mass is 32.2. The van der Waals surface area contributed by atoms with Crippen LogP contribution in [-0.2, 0) is 21.2 Å². The summed E-state index contributed by atoms with van der Waals surface area (Å²) in [4.78, 5) is 13.4. The minimum absolute atomic E-state index is 0.0565. The number of nitrogens with zero attached hydrogens (tertiary/aromatic N) is 1. The number of methoxy groups -OCH3 is 1. The smallest absolute Gasteiger partial charge is 0.243 e. The van der Waals surface area contributed by atoms with Crippen LogP contribution in [-0.4, -0.2) is 44.4 Å². The molecule has 1 saturated heterocycles. The fourth-order valence-electron chi connectivity index (χ4n) is 6.13. The van der Waals surface area contributed by atoms with Crippen molar-refractivity contribution in [1.82, 2.24) is 9.62 Å². The van der Waals surface area contributed by atoms with Crippen molar-refractivity contribution >= 4 is 15.9 Å². The van der Waals surface area contributed by atoms with Crippen molar-refractivity contribution in [2.24, 2.45) is 0 Å². The molecule has 0 radical (unpaired) electrons. The number of carbonyl (C=O) groups is 1. The van der Waals surface area contributed by atoms with Gasteiger partial charge in [0.05, 0.1) is 18.0 Å². The Kier molecular flexibility index (Phi) is 7.77. The van der Waals surface area contributed by atoms with Crippen LogP contribution in [0.1, 0.15) is 81.4 Å². The third-order valence-electron chi connectivity index (χ3n) is 8.12. The van der Waals surface area contributed by atoms with E-state index in [9.17, 15) is 13.2 Å². The van der Waals surface area contributed by atoms with Crippen LogP contribution in [0.15, 0.2) is 47.4 Å². The summed E-state index contributed by atoms with van der Waals surface area (Å²) in [6.45, 7) is 1.11. The van der Waals surface area contributed by atoms with Crippen molar-refractivity contribution in [1.29, 1.82) is 0 Å². The quantitative estimate of drug-likeness (QED) is 0.540. The third kappa shape index (κ3) is 5.65. The highest BCUT2D eigenvalue weighted by Crippen LogP contribution is 2.46. The Morgan fingerprint density at radius 1 is 1.05 bits per heavy atom. The average molecular weight is 527 g/mol. The topological polar surface area (TPSA) is 84.9 Å². The molecule has 200 valence electrons. The van der Waals surface area contributed by atoms with Gasteiger partial charge in [-0.15, -0.1) is 0 Å². The number of fused-ring (bicyclic) bond motifs is 1. The Balaban J connectivity index is 1.29. The molecule has 2 fully saturated rings. The number of rotatable bonds is 7. The van der Waals surface area contributed by atoms with Crippen LogP contribution in [0, 0.1) is 0 Å². The molecular formula is C29H38N2O5S. The first-order valence-electron chi connectivity index (χ1n) is 13.6. The van der Waals surface area contributed by atoms with Gasteiger partial charge in [0.15, 0.2) is 0 Å². The zero-order valence-corrected chi connectivity index (χ0v) is 22.5. The lowest BCUT2D eigenvalue weighted by Gasteiger charge is -2.44. The van der Waals surface area contributed by atoms with E-state index in [0.717, 1.165) is 68.2 Å². The lowest BCUT2D eigenvalue weighted by atomic mass is 9.77. The second kappa shape index (κ2) is 11.0. The minimum atomic E-state index is -3.56. The number of para-hydroxylation sites is 1. The second-order valence-electron chi connectivity index (χ2n) is 10.6. The maximum absolute atomic E-state index is 13.2. The first-order chi connectivity index (χ1) is 17.9. The van der Waals surface area contributed by atoms with E-state index >= 15 is 0 Å². The van der Waals surface area contributed by atoms with Gasteiger partial charge in [-0.3, -0.25) is 4.79 Å². The van der Waals surface area contributed by atoms with Gasteiger partial charge >= 0.3 is 0 Å². The fraction of sp³-hybridized carbons (Fsp3) is 0.552. The van der Waals surface area contributed by atoms with E-state index in [1.165, 1.54) is 6.42 Å². The van der Waals surface area contributed by atoms with Gasteiger partial charge in [0.1, 0.15) is 17.1 Å². The van der Waals surface area contributed by atoms with Crippen LogP contribution in [0.25, 0.3) is 0 Å². The first kappa shape index (κ1) is 26.0. The molecule has 1 atom stereocenters. The standard InChI is InChI=1S/C29H38N2O5S/c1-35-26-14-13-23(37(33,34)31-18-8-3-9-19-31)20-22(26)12-15-28(32)30-25-21-29(16-6-2-7-17-29)36-27-11-5-4-10-24(25)27/h4-5,10-11,13-14,20,25H,2-3,6-9,12,15-19,21H2,1H3,(H,30,32)/t25-/m1/s1. The van der Waals surface area contributed by atoms with Crippen LogP contribution in [0.2, 0.25) is 0 Å². The molecule has 1 spiro atoms. The van der Waals surface area contributed by atoms with Crippen molar-refractivity contribution in [2.75, 3.05) is 20.2 Å². The summed E-state index contributed by atoms with van der Waals surface area (Å²) < 4.78 is 40.0. The van der Waals surface area contributed by atoms with Crippen LogP contribution in [0.4, 0.5) is 0 Å². The van der Waals surface area contributed by atoms with Crippen molar-refractivity contribution in [3.8, 4) is 11.5 Å². The second-order valence-corrected chi connectivity index (χ2v) is 12.6. The van der Waals surface area contributed by atoms with E-state index in [1.54, 1.807) is 29.6 Å². The Morgan fingerprint density at radius 2 is 1.78 bits per heavy atom. The largest absolute Gasteiger partial charge is 0.496 e. The average Bonchev–Trinajstić information content (AvgIpc) is 2.92. The van der Waals surface area contributed by atoms with Crippen molar-refractivity contribution in [3.63, 3.8) is 0 Å². The van der Waals surface area contributed by atoms with Gasteiger partial charge in [0.25, 0.3) is 0 Å². The van der Waals surface area contributed by atoms with Crippen molar-refractivity contribution in [3.05, 3.63) is 53.6 Å². The van der Waals surface area contributed by atoms with Crippen molar-refractivity contribution < 1.29 is 22.7 Å². The number of hydrogen-bond donors (Lipinski definition) is 1. The fourth-order valence-corrected chi connectivity index (χ4v) is 7.70. The highest BCUT2D eigenvalue weighted by Gasteiger charge is 2.42. The van der Waals surface area contributed by atoms with Gasteiger partial charge in [-0.05, 0) is 74.8 Å². The predicted octanol–water partition coefficient (Wildman–Crippen LogP) is 5.15. The lowest BCUT2D eigenvalue weighted by Crippen LogP contribution is -2.46. The summed E-state index contributed by atoms with van der Waals surface area (Å²) in [6.07, 6.45) is 9.84. The minimum Gasteiger partial charge on any atom is -0.496 e. The van der Waals surface area contributed by atoms with Gasteiger partial charge in [0.2, 0.25) is 15.9 Å². The Morgan fingerprint density at radius 3 is 2.54 bits per heavy atom. The predicted molar refractivity (Wildman–Crippen MR) is 142 cm³/mol. The van der Waals surface area contributed by atoms with Crippen LogP contribution >= 0.6 is 0 Å². The molecule has 0 aromatic heterocycles. The van der Waals surface area contributed by atoms with Gasteiger partial charge < -0.3 is 14.8 Å². The molecule has 1 saturated carbocycles. The Labute approximate surface area is 220 Å². The Hall–Kier alpha value is -2.58. The maximum atomic E-state index is 13.2. The molecule has 1 N–H and O–H groups in total. The van der Waals surface area contributed by atoms with E-state index in [1.807, 2.05) is 24.3 Å². The number of amides is 1. The molecule has 2 aromatic rings. The monoisotopic (exact) mass is 526 g/mol. The van der Waals surface area contributed by atoms with Gasteiger partial charge in [0, 0.05) is 31.5 Å². The molecule has 37 heavy (non-hydrogen) atoms.